The molecule has 0 unspecified atom stereocenters. The fourth-order valence-corrected chi connectivity index (χ4v) is 3.08. The molecule has 3 N–H and O–H groups in total. The lowest BCUT2D eigenvalue weighted by atomic mass is 10.2. The van der Waals surface area contributed by atoms with Crippen LogP contribution in [-0.2, 0) is 4.74 Å². The number of benzene rings is 1. The minimum atomic E-state index is -0.317. The van der Waals surface area contributed by atoms with E-state index in [4.69, 9.17) is 4.74 Å². The van der Waals surface area contributed by atoms with Crippen LogP contribution in [0.4, 0.5) is 11.8 Å². The number of amides is 1. The van der Waals surface area contributed by atoms with Crippen molar-refractivity contribution in [2.24, 2.45) is 5.10 Å². The third kappa shape index (κ3) is 4.16. The molecule has 1 aromatic carbocycles. The highest BCUT2D eigenvalue weighted by Crippen LogP contribution is 2.24. The van der Waals surface area contributed by atoms with Gasteiger partial charge in [0.15, 0.2) is 17.3 Å². The van der Waals surface area contributed by atoms with Crippen LogP contribution >= 0.6 is 0 Å². The Bertz CT molecular complexity index is 1060. The summed E-state index contributed by atoms with van der Waals surface area (Å²) in [5, 5.41) is 6.80. The number of carbonyl (C=O) groups is 1. The van der Waals surface area contributed by atoms with Gasteiger partial charge in [-0.05, 0) is 12.5 Å². The highest BCUT2D eigenvalue weighted by Gasteiger charge is 2.21. The maximum Gasteiger partial charge on any atom is 0.286 e. The molecule has 150 valence electrons. The van der Waals surface area contributed by atoms with Gasteiger partial charge in [0.2, 0.25) is 5.95 Å². The molecule has 0 saturated carbocycles. The Morgan fingerprint density at radius 2 is 2.10 bits per heavy atom. The van der Waals surface area contributed by atoms with Crippen molar-refractivity contribution in [3.05, 3.63) is 41.2 Å². The molecule has 1 fully saturated rings. The van der Waals surface area contributed by atoms with Crippen LogP contribution in [0.25, 0.3) is 11.2 Å². The highest BCUT2D eigenvalue weighted by molar-refractivity contribution is 5.95. The summed E-state index contributed by atoms with van der Waals surface area (Å²) in [6.45, 7) is 4.61. The lowest BCUT2D eigenvalue weighted by Gasteiger charge is -2.28. The number of anilines is 2. The van der Waals surface area contributed by atoms with E-state index in [0.717, 1.165) is 11.1 Å². The van der Waals surface area contributed by atoms with Crippen molar-refractivity contribution in [1.29, 1.82) is 0 Å². The molecule has 1 aliphatic heterocycles. The zero-order chi connectivity index (χ0) is 20.2. The first-order valence-electron chi connectivity index (χ1n) is 9.32. The van der Waals surface area contributed by atoms with Crippen LogP contribution in [0.1, 0.15) is 21.7 Å². The Kier molecular flexibility index (Phi) is 5.34. The van der Waals surface area contributed by atoms with E-state index in [-0.39, 0.29) is 11.7 Å². The highest BCUT2D eigenvalue weighted by atomic mass is 16.5. The number of morpholine rings is 1. The van der Waals surface area contributed by atoms with Gasteiger partial charge < -0.3 is 19.9 Å². The van der Waals surface area contributed by atoms with Gasteiger partial charge in [0.25, 0.3) is 5.91 Å². The standard InChI is InChI=1S/C19H22N8O2/c1-12-4-3-5-13(10-12)11-21-26-19-24-15-14(22-16(23-15)18(28)20-2)17(25-19)27-6-8-29-9-7-27/h3-5,10-11H,6-9H2,1-2H3,(H,20,28)(H2,22,23,24,25,26)/b21-11+. The third-order valence-corrected chi connectivity index (χ3v) is 4.50. The van der Waals surface area contributed by atoms with Crippen LogP contribution in [0, 0.1) is 6.92 Å². The SMILES string of the molecule is CNC(=O)c1nc2nc(N/N=C/c3cccc(C)c3)nc(N3CCOCC3)c2[nH]1. The number of rotatable bonds is 5. The monoisotopic (exact) mass is 394 g/mol. The zero-order valence-electron chi connectivity index (χ0n) is 16.3. The van der Waals surface area contributed by atoms with E-state index < -0.39 is 0 Å². The fourth-order valence-electron chi connectivity index (χ4n) is 3.08. The predicted molar refractivity (Wildman–Crippen MR) is 111 cm³/mol. The second-order valence-electron chi connectivity index (χ2n) is 6.62. The normalized spacial score (nSPS) is 14.5. The maximum absolute atomic E-state index is 12.0. The Morgan fingerprint density at radius 1 is 1.28 bits per heavy atom. The lowest BCUT2D eigenvalue weighted by molar-refractivity contribution is 0.0954. The van der Waals surface area contributed by atoms with Gasteiger partial charge in [0, 0.05) is 20.1 Å². The first kappa shape index (κ1) is 18.8. The second-order valence-corrected chi connectivity index (χ2v) is 6.62. The van der Waals surface area contributed by atoms with Gasteiger partial charge in [-0.15, -0.1) is 0 Å². The van der Waals surface area contributed by atoms with Gasteiger partial charge in [-0.3, -0.25) is 4.79 Å². The van der Waals surface area contributed by atoms with E-state index in [1.807, 2.05) is 31.2 Å². The van der Waals surface area contributed by atoms with Crippen molar-refractivity contribution in [1.82, 2.24) is 25.3 Å². The number of aryl methyl sites for hydroxylation is 1. The smallest absolute Gasteiger partial charge is 0.286 e. The van der Waals surface area contributed by atoms with Gasteiger partial charge in [-0.2, -0.15) is 15.1 Å². The number of fused-ring (bicyclic) bond motifs is 1. The number of carbonyl (C=O) groups excluding carboxylic acids is 1. The molecule has 3 aromatic rings. The number of hydrogen-bond donors (Lipinski definition) is 3. The quantitative estimate of drug-likeness (QED) is 0.441. The Balaban J connectivity index is 1.67. The first-order valence-corrected chi connectivity index (χ1v) is 9.32. The molecule has 10 nitrogen and oxygen atoms in total. The van der Waals surface area contributed by atoms with Gasteiger partial charge >= 0.3 is 0 Å². The zero-order valence-corrected chi connectivity index (χ0v) is 16.3. The van der Waals surface area contributed by atoms with Crippen molar-refractivity contribution < 1.29 is 9.53 Å². The van der Waals surface area contributed by atoms with Crippen molar-refractivity contribution in [3.63, 3.8) is 0 Å². The number of nitrogens with one attached hydrogen (secondary N) is 3. The van der Waals surface area contributed by atoms with E-state index in [0.29, 0.717) is 49.2 Å². The van der Waals surface area contributed by atoms with E-state index in [9.17, 15) is 4.79 Å². The summed E-state index contributed by atoms with van der Waals surface area (Å²) >= 11 is 0. The largest absolute Gasteiger partial charge is 0.378 e. The molecule has 2 aromatic heterocycles. The van der Waals surface area contributed by atoms with Crippen molar-refractivity contribution in [3.8, 4) is 0 Å². The number of ether oxygens (including phenoxy) is 1. The summed E-state index contributed by atoms with van der Waals surface area (Å²) in [5.41, 5.74) is 6.00. The molecule has 4 rings (SSSR count). The molecule has 29 heavy (non-hydrogen) atoms. The van der Waals surface area contributed by atoms with E-state index in [1.54, 1.807) is 13.3 Å². The summed E-state index contributed by atoms with van der Waals surface area (Å²) in [6.07, 6.45) is 1.70. The summed E-state index contributed by atoms with van der Waals surface area (Å²) in [5.74, 6) is 0.835. The molecule has 1 saturated heterocycles. The molecule has 0 spiro atoms. The Labute approximate surface area is 167 Å². The molecule has 0 atom stereocenters. The van der Waals surface area contributed by atoms with E-state index in [2.05, 4.69) is 40.7 Å². The van der Waals surface area contributed by atoms with Gasteiger partial charge in [-0.1, -0.05) is 29.8 Å². The van der Waals surface area contributed by atoms with Crippen LogP contribution in [0.3, 0.4) is 0 Å². The average Bonchev–Trinajstić information content (AvgIpc) is 3.17. The number of nitrogens with zero attached hydrogens (tertiary/aromatic N) is 5. The third-order valence-electron chi connectivity index (χ3n) is 4.50. The maximum atomic E-state index is 12.0. The van der Waals surface area contributed by atoms with E-state index in [1.165, 1.54) is 0 Å². The Morgan fingerprint density at radius 3 is 2.86 bits per heavy atom. The molecule has 3 heterocycles. The van der Waals surface area contributed by atoms with E-state index >= 15 is 0 Å². The Hall–Kier alpha value is -3.53. The molecular formula is C19H22N8O2. The van der Waals surface area contributed by atoms with Gasteiger partial charge in [0.05, 0.1) is 19.4 Å². The number of hydrogen-bond acceptors (Lipinski definition) is 8. The van der Waals surface area contributed by atoms with Crippen molar-refractivity contribution in [2.45, 2.75) is 6.92 Å². The fraction of sp³-hybridized carbons (Fsp3) is 0.316. The lowest BCUT2D eigenvalue weighted by Crippen LogP contribution is -2.37. The van der Waals surface area contributed by atoms with Gasteiger partial charge in [-0.25, -0.2) is 10.4 Å². The van der Waals surface area contributed by atoms with Crippen LogP contribution in [-0.4, -0.2) is 65.4 Å². The molecule has 1 aliphatic rings. The molecular weight excluding hydrogens is 372 g/mol. The summed E-state index contributed by atoms with van der Waals surface area (Å²) in [7, 11) is 1.55. The topological polar surface area (TPSA) is 120 Å². The average molecular weight is 394 g/mol. The van der Waals surface area contributed by atoms with Crippen molar-refractivity contribution in [2.75, 3.05) is 43.7 Å². The second kappa shape index (κ2) is 8.23. The molecule has 10 heteroatoms. The number of hydrazone groups is 1. The minimum absolute atomic E-state index is 0.187. The number of imidazole rings is 1. The van der Waals surface area contributed by atoms with Crippen LogP contribution in [0.5, 0.6) is 0 Å². The minimum Gasteiger partial charge on any atom is -0.378 e. The van der Waals surface area contributed by atoms with Crippen LogP contribution < -0.4 is 15.6 Å². The summed E-state index contributed by atoms with van der Waals surface area (Å²) < 4.78 is 5.43. The number of aromatic nitrogens is 4. The van der Waals surface area contributed by atoms with Crippen LogP contribution in [0.2, 0.25) is 0 Å². The van der Waals surface area contributed by atoms with Crippen molar-refractivity contribution >= 4 is 35.1 Å². The van der Waals surface area contributed by atoms with Crippen LogP contribution in [0.15, 0.2) is 29.4 Å². The van der Waals surface area contributed by atoms with Gasteiger partial charge in [0.1, 0.15) is 5.52 Å². The molecule has 0 aliphatic carbocycles. The summed E-state index contributed by atoms with van der Waals surface area (Å²) in [4.78, 5) is 30.4. The summed E-state index contributed by atoms with van der Waals surface area (Å²) in [6, 6.07) is 7.99. The predicted octanol–water partition coefficient (Wildman–Crippen LogP) is 1.30. The molecule has 0 radical (unpaired) electrons. The number of H-pyrrole nitrogens is 1. The molecule has 0 bridgehead atoms. The molecule has 1 amide bonds. The number of aromatic amines is 1. The first-order chi connectivity index (χ1) is 14.1.